The SMILES string of the molecule is CCCNC(=O)C(C)NC(=O)NCc1nc(C(=O)O)cs1. The second kappa shape index (κ2) is 8.20. The molecule has 1 heterocycles. The number of carbonyl (C=O) groups excluding carboxylic acids is 2. The second-order valence-electron chi connectivity index (χ2n) is 4.27. The van der Waals surface area contributed by atoms with E-state index in [4.69, 9.17) is 5.11 Å². The third-order valence-corrected chi connectivity index (χ3v) is 3.31. The standard InChI is InChI=1S/C12H18N4O4S/c1-3-4-13-10(17)7(2)15-12(20)14-5-9-16-8(6-21-9)11(18)19/h6-7H,3-5H2,1-2H3,(H,13,17)(H,18,19)(H2,14,15,20). The Morgan fingerprint density at radius 2 is 2.10 bits per heavy atom. The third-order valence-electron chi connectivity index (χ3n) is 2.46. The minimum Gasteiger partial charge on any atom is -0.476 e. The molecule has 1 atom stereocenters. The molecule has 3 amide bonds. The second-order valence-corrected chi connectivity index (χ2v) is 5.21. The van der Waals surface area contributed by atoms with Crippen LogP contribution in [0.15, 0.2) is 5.38 Å². The molecule has 0 radical (unpaired) electrons. The number of amides is 3. The number of carboxylic acid groups (broad SMARTS) is 1. The maximum atomic E-state index is 11.6. The molecule has 1 aromatic heterocycles. The van der Waals surface area contributed by atoms with Gasteiger partial charge < -0.3 is 21.1 Å². The molecule has 116 valence electrons. The van der Waals surface area contributed by atoms with Gasteiger partial charge in [-0.2, -0.15) is 0 Å². The van der Waals surface area contributed by atoms with Crippen LogP contribution in [0.5, 0.6) is 0 Å². The van der Waals surface area contributed by atoms with Gasteiger partial charge in [-0.25, -0.2) is 14.6 Å². The van der Waals surface area contributed by atoms with Crippen LogP contribution >= 0.6 is 11.3 Å². The Hall–Kier alpha value is -2.16. The maximum absolute atomic E-state index is 11.6. The van der Waals surface area contributed by atoms with Gasteiger partial charge in [-0.15, -0.1) is 11.3 Å². The summed E-state index contributed by atoms with van der Waals surface area (Å²) in [5, 5.41) is 18.3. The summed E-state index contributed by atoms with van der Waals surface area (Å²) in [5.74, 6) is -1.36. The smallest absolute Gasteiger partial charge is 0.355 e. The van der Waals surface area contributed by atoms with E-state index in [1.807, 2.05) is 6.92 Å². The zero-order chi connectivity index (χ0) is 15.8. The summed E-state index contributed by atoms with van der Waals surface area (Å²) in [6.45, 7) is 4.18. The molecule has 0 bridgehead atoms. The predicted octanol–water partition coefficient (Wildman–Crippen LogP) is 0.555. The summed E-state index contributed by atoms with van der Waals surface area (Å²) in [7, 11) is 0. The van der Waals surface area contributed by atoms with Crippen LogP contribution in [0.2, 0.25) is 0 Å². The van der Waals surface area contributed by atoms with E-state index in [1.165, 1.54) is 5.38 Å². The van der Waals surface area contributed by atoms with Crippen LogP contribution in [-0.2, 0) is 11.3 Å². The number of carboxylic acids is 1. The van der Waals surface area contributed by atoms with Crippen molar-refractivity contribution < 1.29 is 19.5 Å². The topological polar surface area (TPSA) is 120 Å². The number of rotatable bonds is 7. The maximum Gasteiger partial charge on any atom is 0.355 e. The van der Waals surface area contributed by atoms with E-state index in [0.717, 1.165) is 17.8 Å². The van der Waals surface area contributed by atoms with Crippen LogP contribution in [-0.4, -0.2) is 40.6 Å². The quantitative estimate of drug-likeness (QED) is 0.586. The van der Waals surface area contributed by atoms with Crippen molar-refractivity contribution in [2.45, 2.75) is 32.9 Å². The van der Waals surface area contributed by atoms with Gasteiger partial charge in [0.25, 0.3) is 0 Å². The normalized spacial score (nSPS) is 11.5. The van der Waals surface area contributed by atoms with Crippen LogP contribution < -0.4 is 16.0 Å². The number of hydrogen-bond donors (Lipinski definition) is 4. The number of aromatic carboxylic acids is 1. The Morgan fingerprint density at radius 3 is 2.67 bits per heavy atom. The highest BCUT2D eigenvalue weighted by molar-refractivity contribution is 7.09. The van der Waals surface area contributed by atoms with Crippen molar-refractivity contribution in [2.24, 2.45) is 0 Å². The van der Waals surface area contributed by atoms with Crippen LogP contribution in [0.25, 0.3) is 0 Å². The van der Waals surface area contributed by atoms with Gasteiger partial charge in [0.15, 0.2) is 5.69 Å². The van der Waals surface area contributed by atoms with E-state index < -0.39 is 18.0 Å². The zero-order valence-corrected chi connectivity index (χ0v) is 12.6. The molecule has 0 aliphatic heterocycles. The van der Waals surface area contributed by atoms with Crippen LogP contribution in [0.1, 0.15) is 35.8 Å². The van der Waals surface area contributed by atoms with Gasteiger partial charge in [0.05, 0.1) is 6.54 Å². The summed E-state index contributed by atoms with van der Waals surface area (Å²) in [6, 6.07) is -1.16. The minimum atomic E-state index is -1.11. The summed E-state index contributed by atoms with van der Waals surface area (Å²) < 4.78 is 0. The lowest BCUT2D eigenvalue weighted by atomic mass is 10.3. The van der Waals surface area contributed by atoms with Crippen LogP contribution in [0, 0.1) is 0 Å². The highest BCUT2D eigenvalue weighted by Crippen LogP contribution is 2.09. The Kier molecular flexibility index (Phi) is 6.60. The molecular weight excluding hydrogens is 296 g/mol. The van der Waals surface area contributed by atoms with E-state index in [1.54, 1.807) is 6.92 Å². The summed E-state index contributed by atoms with van der Waals surface area (Å²) >= 11 is 1.14. The van der Waals surface area contributed by atoms with Crippen molar-refractivity contribution in [3.8, 4) is 0 Å². The fourth-order valence-electron chi connectivity index (χ4n) is 1.36. The van der Waals surface area contributed by atoms with Gasteiger partial charge in [-0.3, -0.25) is 4.79 Å². The highest BCUT2D eigenvalue weighted by Gasteiger charge is 2.15. The molecule has 8 nitrogen and oxygen atoms in total. The highest BCUT2D eigenvalue weighted by atomic mass is 32.1. The molecule has 1 unspecified atom stereocenters. The molecule has 1 rings (SSSR count). The lowest BCUT2D eigenvalue weighted by Gasteiger charge is -2.14. The van der Waals surface area contributed by atoms with E-state index in [2.05, 4.69) is 20.9 Å². The first-order valence-electron chi connectivity index (χ1n) is 6.43. The summed E-state index contributed by atoms with van der Waals surface area (Å²) in [5.41, 5.74) is -0.0514. The van der Waals surface area contributed by atoms with Crippen molar-refractivity contribution in [1.29, 1.82) is 0 Å². The lowest BCUT2D eigenvalue weighted by Crippen LogP contribution is -2.48. The van der Waals surface area contributed by atoms with Crippen LogP contribution in [0.3, 0.4) is 0 Å². The first-order valence-corrected chi connectivity index (χ1v) is 7.31. The molecule has 4 N–H and O–H groups in total. The predicted molar refractivity (Wildman–Crippen MR) is 77.2 cm³/mol. The molecule has 0 saturated heterocycles. The Bertz CT molecular complexity index is 517. The van der Waals surface area contributed by atoms with E-state index in [0.29, 0.717) is 11.6 Å². The van der Waals surface area contributed by atoms with Crippen molar-refractivity contribution in [3.05, 3.63) is 16.1 Å². The molecule has 0 fully saturated rings. The Balaban J connectivity index is 2.36. The minimum absolute atomic E-state index is 0.0514. The summed E-state index contributed by atoms with van der Waals surface area (Å²) in [4.78, 5) is 37.7. The Morgan fingerprint density at radius 1 is 1.38 bits per heavy atom. The number of urea groups is 1. The first-order chi connectivity index (χ1) is 9.93. The van der Waals surface area contributed by atoms with Gasteiger partial charge >= 0.3 is 12.0 Å². The number of aromatic nitrogens is 1. The van der Waals surface area contributed by atoms with Gasteiger partial charge in [-0.1, -0.05) is 6.92 Å². The monoisotopic (exact) mass is 314 g/mol. The largest absolute Gasteiger partial charge is 0.476 e. The molecule has 0 aliphatic carbocycles. The van der Waals surface area contributed by atoms with Gasteiger partial charge in [0.2, 0.25) is 5.91 Å². The summed E-state index contributed by atoms with van der Waals surface area (Å²) in [6.07, 6.45) is 0.820. The van der Waals surface area contributed by atoms with Crippen molar-refractivity contribution in [3.63, 3.8) is 0 Å². The molecular formula is C12H18N4O4S. The van der Waals surface area contributed by atoms with Crippen molar-refractivity contribution in [2.75, 3.05) is 6.54 Å². The van der Waals surface area contributed by atoms with Crippen LogP contribution in [0.4, 0.5) is 4.79 Å². The number of hydrogen-bond acceptors (Lipinski definition) is 5. The average molecular weight is 314 g/mol. The van der Waals surface area contributed by atoms with E-state index in [-0.39, 0.29) is 18.1 Å². The van der Waals surface area contributed by atoms with Crippen molar-refractivity contribution >= 4 is 29.2 Å². The molecule has 1 aromatic rings. The number of nitrogens with one attached hydrogen (secondary N) is 3. The zero-order valence-electron chi connectivity index (χ0n) is 11.8. The molecule has 0 aromatic carbocycles. The van der Waals surface area contributed by atoms with Gasteiger partial charge in [0.1, 0.15) is 11.0 Å². The number of carbonyl (C=O) groups is 3. The third kappa shape index (κ3) is 5.78. The molecule has 0 aliphatic rings. The fraction of sp³-hybridized carbons (Fsp3) is 0.500. The Labute approximate surface area is 126 Å². The molecule has 0 saturated carbocycles. The molecule has 0 spiro atoms. The first kappa shape index (κ1) is 16.9. The van der Waals surface area contributed by atoms with E-state index >= 15 is 0 Å². The molecule has 9 heteroatoms. The number of thiazole rings is 1. The molecule has 21 heavy (non-hydrogen) atoms. The van der Waals surface area contributed by atoms with Gasteiger partial charge in [-0.05, 0) is 13.3 Å². The number of nitrogens with zero attached hydrogens (tertiary/aromatic N) is 1. The fourth-order valence-corrected chi connectivity index (χ4v) is 2.07. The average Bonchev–Trinajstić information content (AvgIpc) is 2.91. The lowest BCUT2D eigenvalue weighted by molar-refractivity contribution is -0.122. The van der Waals surface area contributed by atoms with E-state index in [9.17, 15) is 14.4 Å². The van der Waals surface area contributed by atoms with Crippen molar-refractivity contribution in [1.82, 2.24) is 20.9 Å². The van der Waals surface area contributed by atoms with Gasteiger partial charge in [0, 0.05) is 11.9 Å².